The lowest BCUT2D eigenvalue weighted by atomic mass is 10.1. The summed E-state index contributed by atoms with van der Waals surface area (Å²) in [6, 6.07) is 3.70. The molecule has 2 N–H and O–H groups in total. The van der Waals surface area contributed by atoms with Crippen LogP contribution in [0.15, 0.2) is 29.5 Å². The number of aliphatic imine (C=N–C) groups is 1. The molecule has 198 valence electrons. The zero-order chi connectivity index (χ0) is 25.3. The number of guanidine groups is 1. The van der Waals surface area contributed by atoms with Crippen LogP contribution in [0, 0.1) is 11.5 Å². The van der Waals surface area contributed by atoms with Gasteiger partial charge in [0.25, 0.3) is 0 Å². The smallest absolute Gasteiger partial charge is 0.246 e. The summed E-state index contributed by atoms with van der Waals surface area (Å²) in [4.78, 5) is 29.7. The summed E-state index contributed by atoms with van der Waals surface area (Å²) in [6.07, 6.45) is 10.9. The molecule has 0 spiro atoms. The van der Waals surface area contributed by atoms with Crippen LogP contribution in [0.1, 0.15) is 44.9 Å². The van der Waals surface area contributed by atoms with Crippen LogP contribution in [0.3, 0.4) is 0 Å². The summed E-state index contributed by atoms with van der Waals surface area (Å²) in [6.45, 7) is 6.56. The minimum atomic E-state index is 0.0592. The third kappa shape index (κ3) is 10.5. The van der Waals surface area contributed by atoms with E-state index in [1.807, 2.05) is 18.3 Å². The molecule has 2 saturated heterocycles. The van der Waals surface area contributed by atoms with Crippen molar-refractivity contribution in [2.75, 3.05) is 64.5 Å². The summed E-state index contributed by atoms with van der Waals surface area (Å²) in [5.41, 5.74) is 0.811. The second kappa shape index (κ2) is 16.8. The van der Waals surface area contributed by atoms with Gasteiger partial charge in [0.05, 0.1) is 25.9 Å². The molecule has 0 unspecified atom stereocenters. The van der Waals surface area contributed by atoms with Gasteiger partial charge in [-0.05, 0) is 37.8 Å². The molecule has 0 radical (unpaired) electrons. The number of nitrogens with zero attached hydrogens (tertiary/aromatic N) is 5. The van der Waals surface area contributed by atoms with Crippen molar-refractivity contribution in [1.29, 1.82) is 5.26 Å². The number of amides is 1. The Morgan fingerprint density at radius 3 is 2.61 bits per heavy atom. The average Bonchev–Trinajstić information content (AvgIpc) is 2.92. The van der Waals surface area contributed by atoms with Crippen molar-refractivity contribution >= 4 is 17.6 Å². The topological polar surface area (TPSA) is 124 Å². The normalized spacial score (nSPS) is 17.4. The molecule has 1 aromatic heterocycles. The van der Waals surface area contributed by atoms with Gasteiger partial charge in [0.2, 0.25) is 11.9 Å². The maximum atomic E-state index is 13.0. The zero-order valence-electron chi connectivity index (χ0n) is 21.1. The number of hydrogen-bond donors (Lipinski definition) is 2. The van der Waals surface area contributed by atoms with E-state index < -0.39 is 0 Å². The van der Waals surface area contributed by atoms with Crippen LogP contribution >= 0.6 is 0 Å². The van der Waals surface area contributed by atoms with Crippen molar-refractivity contribution in [1.82, 2.24) is 20.3 Å². The van der Waals surface area contributed by atoms with Gasteiger partial charge < -0.3 is 14.8 Å². The maximum Gasteiger partial charge on any atom is 0.246 e. The van der Waals surface area contributed by atoms with Gasteiger partial charge in [-0.15, -0.1) is 0 Å². The van der Waals surface area contributed by atoms with Gasteiger partial charge in [0.15, 0.2) is 6.19 Å². The predicted molar refractivity (Wildman–Crippen MR) is 136 cm³/mol. The second-order valence-corrected chi connectivity index (χ2v) is 8.84. The van der Waals surface area contributed by atoms with Gasteiger partial charge in [-0.3, -0.25) is 29.8 Å². The fourth-order valence-electron chi connectivity index (χ4n) is 4.17. The number of aromatic nitrogens is 1. The molecule has 0 aromatic carbocycles. The number of hydroxylamine groups is 2. The van der Waals surface area contributed by atoms with Crippen molar-refractivity contribution in [3.8, 4) is 6.19 Å². The standard InChI is InChI=1S/C25H39N7O4/c26-21-29-25(30-22-6-11-27-12-7-22)28-10-4-2-1-3-5-24(33)32(23-8-16-34-17-9-23)36-20-15-31-13-18-35-19-14-31/h6-7,11-12,23H,1-5,8-10,13-20H2,(H2,27,28,29,30). The molecule has 1 amide bonds. The van der Waals surface area contributed by atoms with Crippen LogP contribution in [0.2, 0.25) is 0 Å². The first kappa shape index (κ1) is 27.8. The molecule has 0 atom stereocenters. The number of unbranched alkanes of at least 4 members (excludes halogenated alkanes) is 3. The quantitative estimate of drug-likeness (QED) is 0.104. The van der Waals surface area contributed by atoms with E-state index in [-0.39, 0.29) is 11.9 Å². The molecule has 2 aliphatic heterocycles. The van der Waals surface area contributed by atoms with Crippen LogP contribution < -0.4 is 10.6 Å². The molecule has 36 heavy (non-hydrogen) atoms. The van der Waals surface area contributed by atoms with Gasteiger partial charge in [-0.25, -0.2) is 5.06 Å². The van der Waals surface area contributed by atoms with Crippen molar-refractivity contribution in [3.05, 3.63) is 24.5 Å². The number of nitriles is 1. The van der Waals surface area contributed by atoms with Crippen molar-refractivity contribution in [2.24, 2.45) is 4.99 Å². The molecule has 0 saturated carbocycles. The molecule has 0 aliphatic carbocycles. The number of pyridine rings is 1. The lowest BCUT2D eigenvalue weighted by molar-refractivity contribution is -0.210. The molecule has 0 bridgehead atoms. The van der Waals surface area contributed by atoms with E-state index >= 15 is 0 Å². The average molecular weight is 502 g/mol. The molecule has 11 heteroatoms. The van der Waals surface area contributed by atoms with E-state index in [0.717, 1.165) is 77.1 Å². The Morgan fingerprint density at radius 2 is 1.86 bits per heavy atom. The van der Waals surface area contributed by atoms with Crippen molar-refractivity contribution in [3.63, 3.8) is 0 Å². The van der Waals surface area contributed by atoms with E-state index in [2.05, 4.69) is 25.5 Å². The van der Waals surface area contributed by atoms with E-state index in [1.54, 1.807) is 17.5 Å². The summed E-state index contributed by atoms with van der Waals surface area (Å²) >= 11 is 0. The van der Waals surface area contributed by atoms with Gasteiger partial charge in [-0.2, -0.15) is 5.26 Å². The number of anilines is 1. The highest BCUT2D eigenvalue weighted by molar-refractivity contribution is 5.94. The van der Waals surface area contributed by atoms with Gasteiger partial charge in [0.1, 0.15) is 0 Å². The van der Waals surface area contributed by atoms with Crippen molar-refractivity contribution < 1.29 is 19.1 Å². The SMILES string of the molecule is N#CNC(=NCCCCCCC(=O)N(OCCN1CCOCC1)C1CCOCC1)Nc1ccncc1. The van der Waals surface area contributed by atoms with Crippen LogP contribution in [0.5, 0.6) is 0 Å². The fourth-order valence-corrected chi connectivity index (χ4v) is 4.17. The Hall–Kier alpha value is -2.78. The molecule has 1 aromatic rings. The molecule has 3 heterocycles. The summed E-state index contributed by atoms with van der Waals surface area (Å²) in [7, 11) is 0. The number of carbonyl (C=O) groups is 1. The third-order valence-corrected chi connectivity index (χ3v) is 6.20. The molecular weight excluding hydrogens is 462 g/mol. The maximum absolute atomic E-state index is 13.0. The first-order valence-electron chi connectivity index (χ1n) is 13.0. The Kier molecular flexibility index (Phi) is 13.0. The van der Waals surface area contributed by atoms with Crippen molar-refractivity contribution in [2.45, 2.75) is 51.0 Å². The van der Waals surface area contributed by atoms with E-state index in [4.69, 9.17) is 19.6 Å². The lowest BCUT2D eigenvalue weighted by Crippen LogP contribution is -2.45. The highest BCUT2D eigenvalue weighted by Crippen LogP contribution is 2.18. The number of carbonyl (C=O) groups excluding carboxylic acids is 1. The van der Waals surface area contributed by atoms with Crippen LogP contribution in [0.25, 0.3) is 0 Å². The molecular formula is C25H39N7O4. The summed E-state index contributed by atoms with van der Waals surface area (Å²) in [5.74, 6) is 0.476. The molecule has 3 rings (SSSR count). The van der Waals surface area contributed by atoms with Gasteiger partial charge in [0, 0.05) is 63.9 Å². The predicted octanol–water partition coefficient (Wildman–Crippen LogP) is 2.14. The monoisotopic (exact) mass is 501 g/mol. The second-order valence-electron chi connectivity index (χ2n) is 8.84. The largest absolute Gasteiger partial charge is 0.381 e. The minimum absolute atomic E-state index is 0.0592. The Bertz CT molecular complexity index is 821. The number of ether oxygens (including phenoxy) is 2. The minimum Gasteiger partial charge on any atom is -0.381 e. The lowest BCUT2D eigenvalue weighted by Gasteiger charge is -2.34. The van der Waals surface area contributed by atoms with Crippen LogP contribution in [-0.2, 0) is 19.1 Å². The van der Waals surface area contributed by atoms with Gasteiger partial charge in [-0.1, -0.05) is 12.8 Å². The zero-order valence-corrected chi connectivity index (χ0v) is 21.1. The number of nitrogens with one attached hydrogen (secondary N) is 2. The van der Waals surface area contributed by atoms with E-state index in [0.29, 0.717) is 38.7 Å². The first-order valence-corrected chi connectivity index (χ1v) is 13.0. The number of rotatable bonds is 13. The number of hydrogen-bond acceptors (Lipinski definition) is 8. The highest BCUT2D eigenvalue weighted by Gasteiger charge is 2.27. The summed E-state index contributed by atoms with van der Waals surface area (Å²) < 4.78 is 10.9. The Morgan fingerprint density at radius 1 is 1.14 bits per heavy atom. The Labute approximate surface area is 213 Å². The molecule has 2 aliphatic rings. The highest BCUT2D eigenvalue weighted by atomic mass is 16.7. The third-order valence-electron chi connectivity index (χ3n) is 6.20. The Balaban J connectivity index is 1.35. The molecule has 11 nitrogen and oxygen atoms in total. The fraction of sp³-hybridized carbons (Fsp3) is 0.680. The summed E-state index contributed by atoms with van der Waals surface area (Å²) in [5, 5.41) is 16.2. The molecule has 2 fully saturated rings. The first-order chi connectivity index (χ1) is 17.8. The van der Waals surface area contributed by atoms with Crippen LogP contribution in [0.4, 0.5) is 5.69 Å². The van der Waals surface area contributed by atoms with Crippen LogP contribution in [-0.4, -0.2) is 92.1 Å². The van der Waals surface area contributed by atoms with Gasteiger partial charge >= 0.3 is 0 Å². The van der Waals surface area contributed by atoms with E-state index in [9.17, 15) is 4.79 Å². The number of morpholine rings is 1. The van der Waals surface area contributed by atoms with E-state index in [1.165, 1.54) is 0 Å².